The standard InChI is InChI=1S/C28H39Cl2F2N5O3.C5H12/c1-3-23(29)25(31)6-4-5-22-21(7-8-26(32)24(30)17-20(2)35-19-39)18-34-27(22)28(40)33-9-10-36-11-13-37(14-12-36)15-16-38;1-5(2,3)4/h3-4,6-8,17,19,21-22,27,34,38H,1,5,9-16,18H2,2H3,(H,33,40)(H,35,39);1-4H3/b6-4-,8-7+,20-17+,25-23-,26-24-;/t21?,22?,27-;/m1./s1. The van der Waals surface area contributed by atoms with Gasteiger partial charge in [-0.15, -0.1) is 0 Å². The summed E-state index contributed by atoms with van der Waals surface area (Å²) in [6.07, 6.45) is 9.01. The number of hydrogen-bond acceptors (Lipinski definition) is 6. The molecule has 4 N–H and O–H groups in total. The average Bonchev–Trinajstić information content (AvgIpc) is 3.38. The van der Waals surface area contributed by atoms with Crippen molar-refractivity contribution in [1.29, 1.82) is 0 Å². The summed E-state index contributed by atoms with van der Waals surface area (Å²) in [5.41, 5.74) is 0.881. The highest BCUT2D eigenvalue weighted by Crippen LogP contribution is 2.29. The first-order valence-electron chi connectivity index (χ1n) is 15.2. The lowest BCUT2D eigenvalue weighted by Gasteiger charge is -2.34. The van der Waals surface area contributed by atoms with Gasteiger partial charge < -0.3 is 21.1 Å². The number of β-amino-alcohol motifs (C(OH)–C–C–N with tert-alkyl or cyclic N) is 1. The molecule has 254 valence electrons. The van der Waals surface area contributed by atoms with E-state index in [4.69, 9.17) is 28.3 Å². The second-order valence-electron chi connectivity index (χ2n) is 12.6. The van der Waals surface area contributed by atoms with Gasteiger partial charge in [0.25, 0.3) is 0 Å². The SMILES string of the molecule is C=C/C(Cl)=C(F)\C=C/CC1C(/C=C/C(F)=C(Cl)\C=C(/C)NC=O)CN[C@H]1C(=O)NCCN1CCN(CCO)CC1.CC(C)(C)C. The van der Waals surface area contributed by atoms with Crippen LogP contribution in [0.2, 0.25) is 0 Å². The number of carbonyl (C=O) groups is 2. The number of hydrogen-bond donors (Lipinski definition) is 4. The summed E-state index contributed by atoms with van der Waals surface area (Å²) in [4.78, 5) is 28.1. The second kappa shape index (κ2) is 21.5. The van der Waals surface area contributed by atoms with Crippen LogP contribution in [0.3, 0.4) is 0 Å². The van der Waals surface area contributed by atoms with Crippen LogP contribution in [0, 0.1) is 17.3 Å². The minimum absolute atomic E-state index is 0.113. The molecule has 2 fully saturated rings. The molecule has 0 aromatic heterocycles. The van der Waals surface area contributed by atoms with Crippen LogP contribution in [-0.4, -0.2) is 92.2 Å². The number of nitrogens with zero attached hydrogens (tertiary/aromatic N) is 2. The van der Waals surface area contributed by atoms with E-state index in [2.05, 4.69) is 60.0 Å². The van der Waals surface area contributed by atoms with Crippen LogP contribution in [0.1, 0.15) is 41.0 Å². The Morgan fingerprint density at radius 3 is 2.18 bits per heavy atom. The molecule has 2 rings (SSSR count). The van der Waals surface area contributed by atoms with E-state index in [-0.39, 0.29) is 34.4 Å². The Morgan fingerprint density at radius 1 is 1.04 bits per heavy atom. The molecule has 12 heteroatoms. The van der Waals surface area contributed by atoms with E-state index in [0.717, 1.165) is 26.2 Å². The Kier molecular flexibility index (Phi) is 19.4. The third-order valence-electron chi connectivity index (χ3n) is 6.87. The van der Waals surface area contributed by atoms with Crippen LogP contribution < -0.4 is 16.0 Å². The van der Waals surface area contributed by atoms with Gasteiger partial charge in [-0.2, -0.15) is 0 Å². The summed E-state index contributed by atoms with van der Waals surface area (Å²) in [5.74, 6) is -2.04. The number of allylic oxidation sites excluding steroid dienone is 10. The second-order valence-corrected chi connectivity index (χ2v) is 13.4. The molecule has 2 saturated heterocycles. The molecule has 3 atom stereocenters. The molecular weight excluding hydrogens is 623 g/mol. The lowest BCUT2D eigenvalue weighted by Crippen LogP contribution is -2.50. The third kappa shape index (κ3) is 17.2. The summed E-state index contributed by atoms with van der Waals surface area (Å²) >= 11 is 11.8. The van der Waals surface area contributed by atoms with Crippen LogP contribution in [0.25, 0.3) is 0 Å². The highest BCUT2D eigenvalue weighted by Gasteiger charge is 2.38. The van der Waals surface area contributed by atoms with E-state index in [1.807, 2.05) is 0 Å². The van der Waals surface area contributed by atoms with Crippen molar-refractivity contribution in [2.75, 3.05) is 59.0 Å². The lowest BCUT2D eigenvalue weighted by molar-refractivity contribution is -0.123. The number of aliphatic hydroxyl groups excluding tert-OH is 1. The first-order valence-corrected chi connectivity index (χ1v) is 16.0. The summed E-state index contributed by atoms with van der Waals surface area (Å²) in [6, 6.07) is -0.566. The quantitative estimate of drug-likeness (QED) is 0.142. The van der Waals surface area contributed by atoms with E-state index in [1.165, 1.54) is 24.3 Å². The van der Waals surface area contributed by atoms with Gasteiger partial charge in [0, 0.05) is 58.1 Å². The van der Waals surface area contributed by atoms with Crippen molar-refractivity contribution >= 4 is 35.5 Å². The molecule has 0 radical (unpaired) electrons. The molecule has 8 nitrogen and oxygen atoms in total. The molecule has 0 bridgehead atoms. The molecule has 0 aromatic carbocycles. The number of rotatable bonds is 15. The summed E-state index contributed by atoms with van der Waals surface area (Å²) in [5, 5.41) is 17.4. The molecule has 0 aromatic rings. The summed E-state index contributed by atoms with van der Waals surface area (Å²) in [6.45, 7) is 19.7. The van der Waals surface area contributed by atoms with E-state index >= 15 is 0 Å². The summed E-state index contributed by atoms with van der Waals surface area (Å²) < 4.78 is 28.7. The zero-order valence-corrected chi connectivity index (χ0v) is 28.7. The molecular formula is C33H51Cl2F2N5O3. The minimum atomic E-state index is -0.693. The maximum atomic E-state index is 14.6. The van der Waals surface area contributed by atoms with Gasteiger partial charge in [-0.3, -0.25) is 19.4 Å². The van der Waals surface area contributed by atoms with Crippen molar-refractivity contribution in [1.82, 2.24) is 25.8 Å². The van der Waals surface area contributed by atoms with Crippen LogP contribution in [0.5, 0.6) is 0 Å². The Labute approximate surface area is 277 Å². The van der Waals surface area contributed by atoms with Gasteiger partial charge in [0.1, 0.15) is 11.7 Å². The summed E-state index contributed by atoms with van der Waals surface area (Å²) in [7, 11) is 0. The highest BCUT2D eigenvalue weighted by molar-refractivity contribution is 6.31. The smallest absolute Gasteiger partial charge is 0.237 e. The van der Waals surface area contributed by atoms with E-state index < -0.39 is 17.7 Å². The third-order valence-corrected chi connectivity index (χ3v) is 7.49. The maximum absolute atomic E-state index is 14.6. The fourth-order valence-corrected chi connectivity index (χ4v) is 4.92. The van der Waals surface area contributed by atoms with Crippen molar-refractivity contribution in [2.24, 2.45) is 17.3 Å². The van der Waals surface area contributed by atoms with Gasteiger partial charge in [0.2, 0.25) is 12.3 Å². The Bertz CT molecular complexity index is 1100. The first kappa shape index (κ1) is 40.7. The Hall–Kier alpha value is -2.34. The van der Waals surface area contributed by atoms with E-state index in [0.29, 0.717) is 50.1 Å². The number of halogens is 4. The van der Waals surface area contributed by atoms with Crippen LogP contribution >= 0.6 is 23.2 Å². The highest BCUT2D eigenvalue weighted by atomic mass is 35.5. The molecule has 2 amide bonds. The van der Waals surface area contributed by atoms with Gasteiger partial charge in [-0.25, -0.2) is 8.78 Å². The lowest BCUT2D eigenvalue weighted by atomic mass is 9.86. The fraction of sp³-hybridized carbons (Fsp3) is 0.576. The maximum Gasteiger partial charge on any atom is 0.237 e. The van der Waals surface area contributed by atoms with E-state index in [1.54, 1.807) is 19.1 Å². The number of aliphatic hydroxyl groups is 1. The van der Waals surface area contributed by atoms with Crippen LogP contribution in [0.4, 0.5) is 8.78 Å². The number of carbonyl (C=O) groups excluding carboxylic acids is 2. The monoisotopic (exact) mass is 673 g/mol. The predicted molar refractivity (Wildman–Crippen MR) is 181 cm³/mol. The first-order chi connectivity index (χ1) is 21.2. The van der Waals surface area contributed by atoms with Gasteiger partial charge in [-0.05, 0) is 54.9 Å². The molecule has 45 heavy (non-hydrogen) atoms. The minimum Gasteiger partial charge on any atom is -0.395 e. The zero-order chi connectivity index (χ0) is 34.0. The molecule has 0 spiro atoms. The number of amides is 2. The fourth-order valence-electron chi connectivity index (χ4n) is 4.63. The molecule has 0 saturated carbocycles. The van der Waals surface area contributed by atoms with E-state index in [9.17, 15) is 18.4 Å². The molecule has 2 heterocycles. The topological polar surface area (TPSA) is 96.9 Å². The number of nitrogens with one attached hydrogen (secondary N) is 3. The van der Waals surface area contributed by atoms with Crippen molar-refractivity contribution in [3.8, 4) is 0 Å². The predicted octanol–water partition coefficient (Wildman–Crippen LogP) is 5.15. The Balaban J connectivity index is 0.00000187. The van der Waals surface area contributed by atoms with Gasteiger partial charge >= 0.3 is 0 Å². The molecule has 2 unspecified atom stereocenters. The van der Waals surface area contributed by atoms with Gasteiger partial charge in [-0.1, -0.05) is 69.6 Å². The normalized spacial score (nSPS) is 22.9. The van der Waals surface area contributed by atoms with Crippen molar-refractivity contribution in [3.63, 3.8) is 0 Å². The van der Waals surface area contributed by atoms with Gasteiger partial charge in [0.05, 0.1) is 22.7 Å². The van der Waals surface area contributed by atoms with Crippen molar-refractivity contribution in [2.45, 2.75) is 47.1 Å². The Morgan fingerprint density at radius 2 is 1.62 bits per heavy atom. The van der Waals surface area contributed by atoms with Crippen molar-refractivity contribution < 1.29 is 23.5 Å². The van der Waals surface area contributed by atoms with Crippen molar-refractivity contribution in [3.05, 3.63) is 70.5 Å². The molecule has 2 aliphatic heterocycles. The largest absolute Gasteiger partial charge is 0.395 e. The molecule has 0 aliphatic carbocycles. The van der Waals surface area contributed by atoms with Gasteiger partial charge in [0.15, 0.2) is 0 Å². The zero-order valence-electron chi connectivity index (χ0n) is 27.2. The average molecular weight is 675 g/mol. The van der Waals surface area contributed by atoms with Crippen LogP contribution in [-0.2, 0) is 9.59 Å². The molecule has 2 aliphatic rings. The van der Waals surface area contributed by atoms with Crippen LogP contribution in [0.15, 0.2) is 70.5 Å². The number of piperazine rings is 1.